The van der Waals surface area contributed by atoms with Gasteiger partial charge < -0.3 is 4.90 Å². The van der Waals surface area contributed by atoms with Crippen LogP contribution in [0.1, 0.15) is 56.2 Å². The third-order valence-corrected chi connectivity index (χ3v) is 8.71. The van der Waals surface area contributed by atoms with E-state index in [0.29, 0.717) is 27.9 Å². The molecule has 226 valence electrons. The summed E-state index contributed by atoms with van der Waals surface area (Å²) in [6.07, 6.45) is 8.85. The molecule has 1 aliphatic carbocycles. The summed E-state index contributed by atoms with van der Waals surface area (Å²) < 4.78 is 71.2. The Morgan fingerprint density at radius 1 is 0.953 bits per heavy atom. The maximum absolute atomic E-state index is 14.4. The van der Waals surface area contributed by atoms with Crippen LogP contribution in [0.4, 0.5) is 27.6 Å². The Hall–Kier alpha value is -3.84. The predicted molar refractivity (Wildman–Crippen MR) is 153 cm³/mol. The third-order valence-electron chi connectivity index (χ3n) is 7.53. The molecule has 0 aliphatic heterocycles. The number of halogens is 5. The number of amides is 1. The van der Waals surface area contributed by atoms with Crippen molar-refractivity contribution in [3.05, 3.63) is 93.4 Å². The van der Waals surface area contributed by atoms with Crippen LogP contribution in [0.2, 0.25) is 0 Å². The summed E-state index contributed by atoms with van der Waals surface area (Å²) in [5.41, 5.74) is 1.72. The molecule has 1 aliphatic rings. The van der Waals surface area contributed by atoms with Crippen molar-refractivity contribution in [3.8, 4) is 0 Å². The molecule has 0 spiro atoms. The first-order chi connectivity index (χ1) is 20.7. The summed E-state index contributed by atoms with van der Waals surface area (Å²) in [5, 5.41) is 7.02. The predicted octanol–water partition coefficient (Wildman–Crippen LogP) is 6.62. The second-order valence-electron chi connectivity index (χ2n) is 10.3. The van der Waals surface area contributed by atoms with E-state index in [-0.39, 0.29) is 25.0 Å². The molecule has 1 N–H and O–H groups in total. The molecule has 13 heteroatoms. The van der Waals surface area contributed by atoms with E-state index in [9.17, 15) is 31.5 Å². The molecule has 2 heterocycles. The number of fused-ring (bicyclic) bond motifs is 1. The van der Waals surface area contributed by atoms with E-state index >= 15 is 0 Å². The van der Waals surface area contributed by atoms with Gasteiger partial charge in [0.2, 0.25) is 11.7 Å². The highest BCUT2D eigenvalue weighted by molar-refractivity contribution is 7.97. The lowest BCUT2D eigenvalue weighted by Crippen LogP contribution is -2.38. The first-order valence-corrected chi connectivity index (χ1v) is 14.6. The van der Waals surface area contributed by atoms with Crippen molar-refractivity contribution in [1.29, 1.82) is 0 Å². The van der Waals surface area contributed by atoms with Crippen LogP contribution in [0.3, 0.4) is 0 Å². The fraction of sp³-hybridized carbons (Fsp3) is 0.333. The molecule has 0 radical (unpaired) electrons. The summed E-state index contributed by atoms with van der Waals surface area (Å²) in [4.78, 5) is 30.9. The van der Waals surface area contributed by atoms with Gasteiger partial charge in [-0.15, -0.1) is 0 Å². The van der Waals surface area contributed by atoms with E-state index in [2.05, 4.69) is 15.2 Å². The van der Waals surface area contributed by atoms with Gasteiger partial charge >= 0.3 is 0 Å². The Labute approximate surface area is 248 Å². The van der Waals surface area contributed by atoms with Crippen LogP contribution in [0.15, 0.2) is 52.4 Å². The third kappa shape index (κ3) is 6.57. The first kappa shape index (κ1) is 30.6. The zero-order valence-electron chi connectivity index (χ0n) is 23.2. The normalized spacial score (nSPS) is 14.0. The van der Waals surface area contributed by atoms with Crippen molar-refractivity contribution in [1.82, 2.24) is 19.5 Å². The number of nitrogens with zero attached hydrogens (tertiary/aromatic N) is 4. The molecule has 0 bridgehead atoms. The molecule has 2 aromatic carbocycles. The van der Waals surface area contributed by atoms with Crippen LogP contribution in [0.5, 0.6) is 0 Å². The molecule has 1 fully saturated rings. The minimum atomic E-state index is -2.25. The summed E-state index contributed by atoms with van der Waals surface area (Å²) in [6, 6.07) is 8.61. The topological polar surface area (TPSA) is 82.2 Å². The number of anilines is 1. The molecule has 43 heavy (non-hydrogen) atoms. The van der Waals surface area contributed by atoms with Gasteiger partial charge in [0.25, 0.3) is 5.56 Å². The number of pyridine rings is 1. The Balaban J connectivity index is 1.43. The minimum Gasteiger partial charge on any atom is -0.307 e. The standard InChI is InChI=1S/C30H28F5N5O2S/c1-2-39(43-29-27(34)25(32)24(31)26(33)28(29)35)16-23(41)40(20-9-10-21-19(12-20)14-37-38-30(21)42)15-17-8-11-22(36-13-17)18-6-4-3-5-7-18/h8-14,18H,2-7,15-16H2,1H3,(H,38,42). The van der Waals surface area contributed by atoms with E-state index in [4.69, 9.17) is 0 Å². The van der Waals surface area contributed by atoms with Crippen molar-refractivity contribution in [2.75, 3.05) is 18.0 Å². The monoisotopic (exact) mass is 617 g/mol. The maximum atomic E-state index is 14.4. The molecule has 0 unspecified atom stereocenters. The number of carbonyl (C=O) groups excluding carboxylic acids is 1. The first-order valence-electron chi connectivity index (χ1n) is 13.8. The molecule has 4 aromatic rings. The highest BCUT2D eigenvalue weighted by Crippen LogP contribution is 2.34. The number of nitrogens with one attached hydrogen (secondary N) is 1. The van der Waals surface area contributed by atoms with Gasteiger partial charge in [0.1, 0.15) is 4.90 Å². The van der Waals surface area contributed by atoms with Crippen LogP contribution >= 0.6 is 11.9 Å². The number of hydrogen-bond donors (Lipinski definition) is 1. The number of hydrogen-bond acceptors (Lipinski definition) is 6. The van der Waals surface area contributed by atoms with Crippen LogP contribution in [0, 0.1) is 29.1 Å². The number of carbonyl (C=O) groups is 1. The van der Waals surface area contributed by atoms with Crippen LogP contribution < -0.4 is 10.5 Å². The molecule has 0 atom stereocenters. The number of rotatable bonds is 9. The Kier molecular flexibility index (Phi) is 9.40. The Bertz CT molecular complexity index is 1670. The van der Waals surface area contributed by atoms with E-state index in [1.807, 2.05) is 12.1 Å². The number of aromatic nitrogens is 3. The molecule has 1 amide bonds. The second kappa shape index (κ2) is 13.2. The zero-order chi connectivity index (χ0) is 30.7. The largest absolute Gasteiger partial charge is 0.307 e. The molecule has 7 nitrogen and oxygen atoms in total. The average Bonchev–Trinajstić information content (AvgIpc) is 3.03. The van der Waals surface area contributed by atoms with Gasteiger partial charge in [0, 0.05) is 35.4 Å². The van der Waals surface area contributed by atoms with Crippen molar-refractivity contribution in [3.63, 3.8) is 0 Å². The fourth-order valence-corrected chi connectivity index (χ4v) is 6.07. The van der Waals surface area contributed by atoms with Gasteiger partial charge in [-0.2, -0.15) is 5.10 Å². The summed E-state index contributed by atoms with van der Waals surface area (Å²) in [6.45, 7) is 1.26. The van der Waals surface area contributed by atoms with Gasteiger partial charge in [-0.3, -0.25) is 14.6 Å². The van der Waals surface area contributed by atoms with Crippen molar-refractivity contribution in [2.45, 2.75) is 56.4 Å². The van der Waals surface area contributed by atoms with Gasteiger partial charge in [-0.25, -0.2) is 31.4 Å². The maximum Gasteiger partial charge on any atom is 0.272 e. The molecule has 0 saturated heterocycles. The van der Waals surface area contributed by atoms with Gasteiger partial charge in [0.05, 0.1) is 24.7 Å². The van der Waals surface area contributed by atoms with E-state index < -0.39 is 52.0 Å². The van der Waals surface area contributed by atoms with E-state index in [0.717, 1.165) is 31.4 Å². The average molecular weight is 618 g/mol. The SMILES string of the molecule is CCN(CC(=O)N(Cc1ccc(C2CCCCC2)nc1)c1ccc2c(=O)[nH]ncc2c1)Sc1c(F)c(F)c(F)c(F)c1F. The van der Waals surface area contributed by atoms with Gasteiger partial charge in [-0.1, -0.05) is 32.3 Å². The second-order valence-corrected chi connectivity index (χ2v) is 11.4. The van der Waals surface area contributed by atoms with Gasteiger partial charge in [-0.05, 0) is 54.6 Å². The molecular weight excluding hydrogens is 589 g/mol. The Morgan fingerprint density at radius 2 is 1.65 bits per heavy atom. The summed E-state index contributed by atoms with van der Waals surface area (Å²) in [5.74, 6) is -10.4. The highest BCUT2D eigenvalue weighted by Gasteiger charge is 2.29. The van der Waals surface area contributed by atoms with E-state index in [1.54, 1.807) is 31.3 Å². The quantitative estimate of drug-likeness (QED) is 0.0984. The van der Waals surface area contributed by atoms with Crippen molar-refractivity contribution >= 4 is 34.3 Å². The lowest BCUT2D eigenvalue weighted by atomic mass is 9.86. The van der Waals surface area contributed by atoms with Crippen molar-refractivity contribution < 1.29 is 26.7 Å². The number of H-pyrrole nitrogens is 1. The number of aromatic amines is 1. The molecule has 5 rings (SSSR count). The zero-order valence-corrected chi connectivity index (χ0v) is 24.0. The summed E-state index contributed by atoms with van der Waals surface area (Å²) in [7, 11) is 0. The highest BCUT2D eigenvalue weighted by atomic mass is 32.2. The van der Waals surface area contributed by atoms with Gasteiger partial charge in [0.15, 0.2) is 23.3 Å². The number of likely N-dealkylation sites (N-methyl/N-ethyl adjacent to an activating group) is 1. The van der Waals surface area contributed by atoms with Crippen LogP contribution in [-0.4, -0.2) is 38.5 Å². The molecular formula is C30H28F5N5O2S. The minimum absolute atomic E-state index is 0.0401. The lowest BCUT2D eigenvalue weighted by Gasteiger charge is -2.27. The van der Waals surface area contributed by atoms with E-state index in [1.165, 1.54) is 21.8 Å². The Morgan fingerprint density at radius 3 is 2.30 bits per heavy atom. The smallest absolute Gasteiger partial charge is 0.272 e. The number of benzene rings is 2. The van der Waals surface area contributed by atoms with Crippen molar-refractivity contribution in [2.24, 2.45) is 0 Å². The fourth-order valence-electron chi connectivity index (χ4n) is 5.17. The molecule has 1 saturated carbocycles. The lowest BCUT2D eigenvalue weighted by molar-refractivity contribution is -0.118. The molecule has 2 aromatic heterocycles. The van der Waals surface area contributed by atoms with Crippen LogP contribution in [-0.2, 0) is 11.3 Å². The summed E-state index contributed by atoms with van der Waals surface area (Å²) >= 11 is 0.270. The van der Waals surface area contributed by atoms with Crippen LogP contribution in [0.25, 0.3) is 10.8 Å².